The Morgan fingerprint density at radius 3 is 1.54 bits per heavy atom. The van der Waals surface area contributed by atoms with Crippen LogP contribution >= 0.6 is 15.9 Å². The van der Waals surface area contributed by atoms with Gasteiger partial charge in [-0.1, -0.05) is 28.1 Å². The fourth-order valence-corrected chi connectivity index (χ4v) is 8.22. The average Bonchev–Trinajstić information content (AvgIpc) is 3.29. The summed E-state index contributed by atoms with van der Waals surface area (Å²) in [5, 5.41) is 9.26. The lowest BCUT2D eigenvalue weighted by Crippen LogP contribution is -2.46. The first-order valence-corrected chi connectivity index (χ1v) is 21.8. The molecular weight excluding hydrogens is 836 g/mol. The number of ketones is 2. The van der Waals surface area contributed by atoms with Crippen molar-refractivity contribution in [1.29, 1.82) is 0 Å². The van der Waals surface area contributed by atoms with Gasteiger partial charge in [0.05, 0.1) is 46.6 Å². The first-order chi connectivity index (χ1) is 29.4. The predicted molar refractivity (Wildman–Crippen MR) is 246 cm³/mol. The molecule has 0 saturated carbocycles. The van der Waals surface area contributed by atoms with Crippen LogP contribution in [-0.2, 0) is 34.3 Å². The number of aliphatic imine (C=N–C) groups is 2. The number of halogens is 1. The predicted octanol–water partition coefficient (Wildman–Crippen LogP) is 5.25. The van der Waals surface area contributed by atoms with E-state index in [9.17, 15) is 19.2 Å². The number of carbonyl (C=O) groups excluding carboxylic acids is 4. The van der Waals surface area contributed by atoms with Crippen LogP contribution in [0.5, 0.6) is 0 Å². The lowest BCUT2D eigenvalue weighted by atomic mass is 9.93. The van der Waals surface area contributed by atoms with Crippen molar-refractivity contribution in [1.82, 2.24) is 30.8 Å². The molecule has 14 nitrogen and oxygen atoms in total. The molecule has 2 aromatic carbocycles. The zero-order valence-corrected chi connectivity index (χ0v) is 37.5. The van der Waals surface area contributed by atoms with Gasteiger partial charge in [-0.2, -0.15) is 0 Å². The number of nitrogens with zero attached hydrogens (tertiary/aromatic N) is 7. The summed E-state index contributed by atoms with van der Waals surface area (Å²) in [6.45, 7) is 16.3. The van der Waals surface area contributed by atoms with Crippen LogP contribution in [0.4, 0.5) is 22.7 Å². The normalized spacial score (nSPS) is 16.1. The van der Waals surface area contributed by atoms with E-state index < -0.39 is 0 Å². The molecule has 2 saturated heterocycles. The van der Waals surface area contributed by atoms with Crippen molar-refractivity contribution in [3.8, 4) is 0 Å². The summed E-state index contributed by atoms with van der Waals surface area (Å²) >= 11 is 3.44. The molecule has 6 heterocycles. The van der Waals surface area contributed by atoms with Crippen LogP contribution in [0.15, 0.2) is 70.9 Å². The Morgan fingerprint density at radius 1 is 0.639 bits per heavy atom. The van der Waals surface area contributed by atoms with E-state index in [1.165, 1.54) is 22.3 Å². The Labute approximate surface area is 366 Å². The minimum atomic E-state index is -0.172. The maximum absolute atomic E-state index is 12.1. The Hall–Kier alpha value is -5.64. The van der Waals surface area contributed by atoms with Crippen LogP contribution in [0.25, 0.3) is 0 Å². The van der Waals surface area contributed by atoms with E-state index in [-0.39, 0.29) is 23.4 Å². The second kappa shape index (κ2) is 20.8. The first kappa shape index (κ1) is 44.9. The fraction of sp³-hybridized carbons (Fsp3) is 0.391. The number of pyridine rings is 2. The van der Waals surface area contributed by atoms with Crippen molar-refractivity contribution in [2.24, 2.45) is 9.98 Å². The quantitative estimate of drug-likeness (QED) is 0.209. The molecule has 0 aliphatic carbocycles. The molecule has 2 fully saturated rings. The van der Waals surface area contributed by atoms with E-state index in [1.807, 2.05) is 24.3 Å². The molecule has 3 N–H and O–H groups in total. The van der Waals surface area contributed by atoms with Crippen molar-refractivity contribution >= 4 is 73.5 Å². The van der Waals surface area contributed by atoms with Gasteiger partial charge in [-0.05, 0) is 97.5 Å². The van der Waals surface area contributed by atoms with Crippen LogP contribution in [0.3, 0.4) is 0 Å². The number of nitrogens with one attached hydrogen (secondary N) is 3. The van der Waals surface area contributed by atoms with Gasteiger partial charge in [-0.15, -0.1) is 0 Å². The number of aromatic nitrogens is 2. The highest BCUT2D eigenvalue weighted by atomic mass is 79.9. The molecular formula is C46H55BrN10O4. The van der Waals surface area contributed by atoms with Gasteiger partial charge in [0.2, 0.25) is 0 Å². The summed E-state index contributed by atoms with van der Waals surface area (Å²) in [6.07, 6.45) is 4.48. The zero-order valence-electron chi connectivity index (χ0n) is 35.9. The van der Waals surface area contributed by atoms with Crippen LogP contribution in [-0.4, -0.2) is 116 Å². The summed E-state index contributed by atoms with van der Waals surface area (Å²) in [5.74, 6) is -0.0640. The standard InChI is InChI=1S/C23H27N5O2.C12H12BrNO.C11H16N4O/c1-15-17(4-6-20-19(15)12-22(29)16(2)26-20)14-27-8-10-28(11-9-27)18-5-7-21(25-13-18)23(30)24-3;1-7-9(6-13)3-4-11-10(7)5-12(15)8(2)14-11;1-12-11(16)10-3-2-9(8-14-10)15-6-4-13-5-7-15/h4-7,13H,8-12,14H2,1-3H3,(H,24,30);3-4H,5-6H2,1-2H3;2-3,8,13H,4-7H2,1H3,(H,12,16). The minimum absolute atomic E-state index is 0.118. The van der Waals surface area contributed by atoms with E-state index in [0.717, 1.165) is 98.1 Å². The maximum atomic E-state index is 12.1. The van der Waals surface area contributed by atoms with E-state index in [0.29, 0.717) is 35.7 Å². The number of fused-ring (bicyclic) bond motifs is 2. The summed E-state index contributed by atoms with van der Waals surface area (Å²) in [7, 11) is 3.21. The zero-order chi connectivity index (χ0) is 43.6. The molecule has 15 heteroatoms. The largest absolute Gasteiger partial charge is 0.368 e. The van der Waals surface area contributed by atoms with Gasteiger partial charge < -0.3 is 25.8 Å². The summed E-state index contributed by atoms with van der Waals surface area (Å²) in [5.41, 5.74) is 13.2. The number of piperazine rings is 2. The van der Waals surface area contributed by atoms with Crippen molar-refractivity contribution in [3.05, 3.63) is 106 Å². The van der Waals surface area contributed by atoms with Crippen LogP contribution < -0.4 is 25.8 Å². The topological polar surface area (TPSA) is 165 Å². The number of benzene rings is 2. The number of alkyl halides is 1. The van der Waals surface area contributed by atoms with Crippen molar-refractivity contribution in [2.75, 3.05) is 76.3 Å². The van der Waals surface area contributed by atoms with Gasteiger partial charge in [0, 0.05) is 91.2 Å². The Balaban J connectivity index is 0.000000169. The number of hydrogen-bond donors (Lipinski definition) is 3. The first-order valence-electron chi connectivity index (χ1n) is 20.7. The monoisotopic (exact) mass is 890 g/mol. The molecule has 2 amide bonds. The number of hydrogen-bond acceptors (Lipinski definition) is 12. The highest BCUT2D eigenvalue weighted by Crippen LogP contribution is 2.32. The number of rotatable bonds is 7. The molecule has 4 aliphatic heterocycles. The SMILES string of the molecule is CC1=Nc2ccc(CBr)c(C)c2CC1=O.CNC(=O)c1ccc(N2CCN(Cc3ccc4c(c3C)CC(=O)C(C)=N4)CC2)cn1.CNC(=O)c1ccc(N2CCNCC2)cn1. The van der Waals surface area contributed by atoms with Gasteiger partial charge >= 0.3 is 0 Å². The van der Waals surface area contributed by atoms with E-state index in [1.54, 1.807) is 52.5 Å². The molecule has 4 aliphatic rings. The summed E-state index contributed by atoms with van der Waals surface area (Å²) < 4.78 is 0. The average molecular weight is 892 g/mol. The third-order valence-corrected chi connectivity index (χ3v) is 12.2. The second-order valence-electron chi connectivity index (χ2n) is 15.4. The molecule has 0 unspecified atom stereocenters. The van der Waals surface area contributed by atoms with Crippen LogP contribution in [0.2, 0.25) is 0 Å². The number of amides is 2. The smallest absolute Gasteiger partial charge is 0.269 e. The molecule has 0 radical (unpaired) electrons. The van der Waals surface area contributed by atoms with Gasteiger partial charge in [0.1, 0.15) is 11.4 Å². The molecule has 0 spiro atoms. The maximum Gasteiger partial charge on any atom is 0.269 e. The molecule has 61 heavy (non-hydrogen) atoms. The van der Waals surface area contributed by atoms with E-state index >= 15 is 0 Å². The van der Waals surface area contributed by atoms with E-state index in [4.69, 9.17) is 0 Å². The second-order valence-corrected chi connectivity index (χ2v) is 15.9. The molecule has 4 aromatic rings. The third kappa shape index (κ3) is 11.0. The number of anilines is 2. The number of Topliss-reactive ketones (excluding diaryl/α,β-unsaturated/α-hetero) is 2. The Bertz CT molecular complexity index is 2310. The lowest BCUT2D eigenvalue weighted by molar-refractivity contribution is -0.113. The van der Waals surface area contributed by atoms with Crippen molar-refractivity contribution in [3.63, 3.8) is 0 Å². The third-order valence-electron chi connectivity index (χ3n) is 11.6. The molecule has 2 aromatic heterocycles. The van der Waals surface area contributed by atoms with Gasteiger partial charge in [0.15, 0.2) is 11.6 Å². The Kier molecular flexibility index (Phi) is 15.3. The van der Waals surface area contributed by atoms with Gasteiger partial charge in [-0.3, -0.25) is 24.1 Å². The van der Waals surface area contributed by atoms with Crippen LogP contribution in [0, 0.1) is 13.8 Å². The molecule has 8 rings (SSSR count). The Morgan fingerprint density at radius 2 is 1.10 bits per heavy atom. The summed E-state index contributed by atoms with van der Waals surface area (Å²) in [4.78, 5) is 70.8. The minimum Gasteiger partial charge on any atom is -0.368 e. The van der Waals surface area contributed by atoms with Crippen molar-refractivity contribution in [2.45, 2.75) is 52.4 Å². The highest BCUT2D eigenvalue weighted by molar-refractivity contribution is 9.08. The van der Waals surface area contributed by atoms with Crippen LogP contribution in [0.1, 0.15) is 68.2 Å². The molecule has 0 bridgehead atoms. The molecule has 320 valence electrons. The number of carbonyl (C=O) groups is 4. The molecule has 0 atom stereocenters. The van der Waals surface area contributed by atoms with Crippen molar-refractivity contribution < 1.29 is 19.2 Å². The van der Waals surface area contributed by atoms with E-state index in [2.05, 4.69) is 92.5 Å². The highest BCUT2D eigenvalue weighted by Gasteiger charge is 2.23. The van der Waals surface area contributed by atoms with Gasteiger partial charge in [0.25, 0.3) is 11.8 Å². The fourth-order valence-electron chi connectivity index (χ4n) is 7.62. The summed E-state index contributed by atoms with van der Waals surface area (Å²) in [6, 6.07) is 15.7. The lowest BCUT2D eigenvalue weighted by Gasteiger charge is -2.36. The van der Waals surface area contributed by atoms with Gasteiger partial charge in [-0.25, -0.2) is 20.0 Å².